The van der Waals surface area contributed by atoms with E-state index in [0.717, 1.165) is 24.2 Å². The lowest BCUT2D eigenvalue weighted by molar-refractivity contribution is -0.343. The molecule has 2 rings (SSSR count). The number of aryl methyl sites for hydroxylation is 1. The number of hydrogen-bond donors (Lipinski definition) is 0. The first-order valence-electron chi connectivity index (χ1n) is 6.87. The Hall–Kier alpha value is -1.39. The molecular formula is C13H13F7N2OS. The fourth-order valence-corrected chi connectivity index (χ4v) is 2.91. The van der Waals surface area contributed by atoms with E-state index in [-0.39, 0.29) is 10.7 Å². The zero-order valence-electron chi connectivity index (χ0n) is 12.6. The Morgan fingerprint density at radius 1 is 1.17 bits per heavy atom. The van der Waals surface area contributed by atoms with E-state index in [0.29, 0.717) is 17.1 Å². The number of thiazole rings is 1. The molecule has 136 valence electrons. The predicted molar refractivity (Wildman–Crippen MR) is 71.0 cm³/mol. The summed E-state index contributed by atoms with van der Waals surface area (Å²) in [6.45, 7) is 3.58. The highest BCUT2D eigenvalue weighted by Crippen LogP contribution is 2.47. The van der Waals surface area contributed by atoms with E-state index < -0.39 is 23.9 Å². The molecule has 0 aromatic carbocycles. The summed E-state index contributed by atoms with van der Waals surface area (Å²) in [4.78, 5) is 14.6. The van der Waals surface area contributed by atoms with Crippen LogP contribution < -0.4 is 4.80 Å². The average Bonchev–Trinajstić information content (AvgIpc) is 3.21. The lowest BCUT2D eigenvalue weighted by Crippen LogP contribution is -2.56. The minimum atomic E-state index is -6.56. The van der Waals surface area contributed by atoms with Crippen LogP contribution in [-0.4, -0.2) is 28.5 Å². The maximum Gasteiger partial charge on any atom is 0.460 e. The number of halogens is 7. The van der Waals surface area contributed by atoms with E-state index in [9.17, 15) is 35.5 Å². The second-order valence-corrected chi connectivity index (χ2v) is 6.83. The van der Waals surface area contributed by atoms with Gasteiger partial charge in [0, 0.05) is 17.1 Å². The van der Waals surface area contributed by atoms with Crippen molar-refractivity contribution in [3.05, 3.63) is 15.4 Å². The first-order chi connectivity index (χ1) is 10.8. The molecule has 1 aliphatic carbocycles. The molecule has 1 amide bonds. The van der Waals surface area contributed by atoms with Crippen LogP contribution in [0.4, 0.5) is 30.7 Å². The summed E-state index contributed by atoms with van der Waals surface area (Å²) in [5.41, 5.74) is 0.601. The van der Waals surface area contributed by atoms with Crippen molar-refractivity contribution in [1.82, 2.24) is 4.57 Å². The van der Waals surface area contributed by atoms with Crippen LogP contribution in [0.15, 0.2) is 4.99 Å². The number of aromatic nitrogens is 1. The van der Waals surface area contributed by atoms with Crippen molar-refractivity contribution in [1.29, 1.82) is 0 Å². The molecule has 0 unspecified atom stereocenters. The number of amides is 1. The normalized spacial score (nSPS) is 17.5. The van der Waals surface area contributed by atoms with Gasteiger partial charge < -0.3 is 4.57 Å². The van der Waals surface area contributed by atoms with Crippen molar-refractivity contribution < 1.29 is 35.5 Å². The monoisotopic (exact) mass is 378 g/mol. The molecular weight excluding hydrogens is 365 g/mol. The number of carbonyl (C=O) groups excluding carboxylic acids is 1. The lowest BCUT2D eigenvalue weighted by atomic mass is 10.1. The summed E-state index contributed by atoms with van der Waals surface area (Å²) >= 11 is 0.789. The maximum absolute atomic E-state index is 13.4. The van der Waals surface area contributed by atoms with E-state index in [1.807, 2.05) is 0 Å². The molecule has 1 aromatic heterocycles. The van der Waals surface area contributed by atoms with Crippen molar-refractivity contribution in [2.75, 3.05) is 0 Å². The Balaban J connectivity index is 2.44. The van der Waals surface area contributed by atoms with Crippen LogP contribution in [0.2, 0.25) is 0 Å². The van der Waals surface area contributed by atoms with Gasteiger partial charge in [0.2, 0.25) is 0 Å². The zero-order chi connectivity index (χ0) is 18.5. The molecule has 1 saturated carbocycles. The van der Waals surface area contributed by atoms with Gasteiger partial charge in [0.05, 0.1) is 0 Å². The maximum atomic E-state index is 13.4. The van der Waals surface area contributed by atoms with E-state index in [2.05, 4.69) is 4.99 Å². The van der Waals surface area contributed by atoms with Gasteiger partial charge in [-0.1, -0.05) is 0 Å². The van der Waals surface area contributed by atoms with Gasteiger partial charge in [0.25, 0.3) is 0 Å². The Kier molecular flexibility index (Phi) is 4.62. The van der Waals surface area contributed by atoms with Gasteiger partial charge in [-0.2, -0.15) is 35.7 Å². The molecule has 1 aliphatic rings. The quantitative estimate of drug-likeness (QED) is 0.734. The molecule has 0 saturated heterocycles. The highest BCUT2D eigenvalue weighted by atomic mass is 32.1. The number of hydrogen-bond acceptors (Lipinski definition) is 2. The van der Waals surface area contributed by atoms with Crippen molar-refractivity contribution in [3.63, 3.8) is 0 Å². The van der Waals surface area contributed by atoms with E-state index in [1.54, 1.807) is 13.8 Å². The van der Waals surface area contributed by atoms with Gasteiger partial charge in [-0.25, -0.2) is 0 Å². The first kappa shape index (κ1) is 18.9. The fraction of sp³-hybridized carbons (Fsp3) is 0.692. The lowest BCUT2D eigenvalue weighted by Gasteiger charge is -2.25. The van der Waals surface area contributed by atoms with Crippen LogP contribution in [0.5, 0.6) is 0 Å². The Morgan fingerprint density at radius 3 is 2.17 bits per heavy atom. The van der Waals surface area contributed by atoms with Gasteiger partial charge >= 0.3 is 23.9 Å². The smallest absolute Gasteiger partial charge is 0.320 e. The van der Waals surface area contributed by atoms with Crippen molar-refractivity contribution in [2.24, 2.45) is 10.9 Å². The highest BCUT2D eigenvalue weighted by Gasteiger charge is 2.76. The third-order valence-corrected chi connectivity index (χ3v) is 4.84. The molecule has 11 heteroatoms. The molecule has 0 spiro atoms. The molecule has 0 radical (unpaired) electrons. The molecule has 1 heterocycles. The minimum absolute atomic E-state index is 0.254. The van der Waals surface area contributed by atoms with Crippen LogP contribution in [-0.2, 0) is 11.3 Å². The topological polar surface area (TPSA) is 34.4 Å². The van der Waals surface area contributed by atoms with Crippen LogP contribution in [0.3, 0.4) is 0 Å². The van der Waals surface area contributed by atoms with Gasteiger partial charge in [0.1, 0.15) is 0 Å². The SMILES string of the molecule is Cc1s/c(=N\C(=O)C(F)(F)C(F)(F)C(F)(F)F)n(CC2CC2)c1C. The van der Waals surface area contributed by atoms with Gasteiger partial charge in [-0.15, -0.1) is 11.3 Å². The average molecular weight is 378 g/mol. The highest BCUT2D eigenvalue weighted by molar-refractivity contribution is 7.09. The number of nitrogens with zero attached hydrogens (tertiary/aromatic N) is 2. The first-order valence-corrected chi connectivity index (χ1v) is 7.69. The van der Waals surface area contributed by atoms with Crippen molar-refractivity contribution in [2.45, 2.75) is 51.3 Å². The van der Waals surface area contributed by atoms with Crippen molar-refractivity contribution >= 4 is 17.2 Å². The fourth-order valence-electron chi connectivity index (χ4n) is 1.93. The predicted octanol–water partition coefficient (Wildman–Crippen LogP) is 3.84. The summed E-state index contributed by atoms with van der Waals surface area (Å²) in [7, 11) is 0. The van der Waals surface area contributed by atoms with Crippen LogP contribution >= 0.6 is 11.3 Å². The van der Waals surface area contributed by atoms with E-state index >= 15 is 0 Å². The Labute approximate surface area is 135 Å². The molecule has 0 bridgehead atoms. The standard InChI is InChI=1S/C13H13F7N2OS/c1-6-7(2)24-10(22(6)5-8-3-4-8)21-9(23)11(14,15)12(16,17)13(18,19)20/h8H,3-5H2,1-2H3/b21-10-. The summed E-state index contributed by atoms with van der Waals surface area (Å²) in [5.74, 6) is -15.0. The molecule has 3 nitrogen and oxygen atoms in total. The third-order valence-electron chi connectivity index (χ3n) is 3.74. The number of rotatable bonds is 4. The summed E-state index contributed by atoms with van der Waals surface area (Å²) in [5, 5.41) is 0. The Morgan fingerprint density at radius 2 is 1.71 bits per heavy atom. The number of alkyl halides is 7. The summed E-state index contributed by atoms with van der Waals surface area (Å²) < 4.78 is 90.3. The van der Waals surface area contributed by atoms with E-state index in [1.165, 1.54) is 4.57 Å². The number of carbonyl (C=O) groups is 1. The minimum Gasteiger partial charge on any atom is -0.320 e. The summed E-state index contributed by atoms with van der Waals surface area (Å²) in [6.07, 6.45) is -4.79. The van der Waals surface area contributed by atoms with Crippen molar-refractivity contribution in [3.8, 4) is 0 Å². The van der Waals surface area contributed by atoms with E-state index in [4.69, 9.17) is 0 Å². The molecule has 0 N–H and O–H groups in total. The second-order valence-electron chi connectivity index (χ2n) is 5.64. The Bertz CT molecular complexity index is 713. The van der Waals surface area contributed by atoms with Gasteiger partial charge in [-0.05, 0) is 32.6 Å². The summed E-state index contributed by atoms with van der Waals surface area (Å²) in [6, 6.07) is 0. The second kappa shape index (κ2) is 5.85. The van der Waals surface area contributed by atoms with Crippen LogP contribution in [0, 0.1) is 19.8 Å². The van der Waals surface area contributed by atoms with Gasteiger partial charge in [0.15, 0.2) is 4.80 Å². The third kappa shape index (κ3) is 3.22. The molecule has 24 heavy (non-hydrogen) atoms. The van der Waals surface area contributed by atoms with Gasteiger partial charge in [-0.3, -0.25) is 4.79 Å². The zero-order valence-corrected chi connectivity index (χ0v) is 13.4. The molecule has 1 fully saturated rings. The van der Waals surface area contributed by atoms with Crippen LogP contribution in [0.1, 0.15) is 23.4 Å². The molecule has 1 aromatic rings. The molecule has 0 atom stereocenters. The molecule has 0 aliphatic heterocycles. The van der Waals surface area contributed by atoms with Crippen LogP contribution in [0.25, 0.3) is 0 Å². The largest absolute Gasteiger partial charge is 0.460 e.